The molecule has 1 rings (SSSR count). The molecular formula is C7H9F2NS. The van der Waals surface area contributed by atoms with Gasteiger partial charge in [0.15, 0.2) is 0 Å². The molecule has 1 nitrogen and oxygen atoms in total. The second-order valence-electron chi connectivity index (χ2n) is 2.64. The van der Waals surface area contributed by atoms with Gasteiger partial charge in [-0.3, -0.25) is 4.98 Å². The van der Waals surface area contributed by atoms with Crippen LogP contribution in [0.15, 0.2) is 11.7 Å². The maximum atomic E-state index is 13.1. The fraction of sp³-hybridized carbons (Fsp3) is 0.571. The molecule has 62 valence electrons. The van der Waals surface area contributed by atoms with Crippen LogP contribution in [0.3, 0.4) is 0 Å². The maximum Gasteiger partial charge on any atom is 0.285 e. The van der Waals surface area contributed by atoms with Crippen LogP contribution in [-0.2, 0) is 5.92 Å². The fourth-order valence-electron chi connectivity index (χ4n) is 0.665. The summed E-state index contributed by atoms with van der Waals surface area (Å²) in [7, 11) is 0. The normalized spacial score (nSPS) is 12.5. The molecule has 0 bridgehead atoms. The first-order valence-corrected chi connectivity index (χ1v) is 4.20. The minimum absolute atomic E-state index is 0.0486. The highest BCUT2D eigenvalue weighted by molar-refractivity contribution is 7.09. The quantitative estimate of drug-likeness (QED) is 0.676. The Labute approximate surface area is 68.1 Å². The van der Waals surface area contributed by atoms with Gasteiger partial charge in [0.1, 0.15) is 0 Å². The number of hydrogen-bond acceptors (Lipinski definition) is 2. The van der Waals surface area contributed by atoms with Crippen molar-refractivity contribution >= 4 is 11.3 Å². The van der Waals surface area contributed by atoms with Crippen LogP contribution in [0.5, 0.6) is 0 Å². The van der Waals surface area contributed by atoms with E-state index in [1.807, 2.05) is 0 Å². The van der Waals surface area contributed by atoms with E-state index in [1.165, 1.54) is 25.6 Å². The van der Waals surface area contributed by atoms with E-state index in [4.69, 9.17) is 0 Å². The molecule has 0 fully saturated rings. The van der Waals surface area contributed by atoms with Crippen molar-refractivity contribution in [2.75, 3.05) is 0 Å². The second kappa shape index (κ2) is 2.85. The molecule has 0 saturated carbocycles. The van der Waals surface area contributed by atoms with Crippen LogP contribution in [0, 0.1) is 5.92 Å². The van der Waals surface area contributed by atoms with E-state index in [0.29, 0.717) is 0 Å². The number of aromatic nitrogens is 1. The van der Waals surface area contributed by atoms with Crippen molar-refractivity contribution in [1.29, 1.82) is 0 Å². The van der Waals surface area contributed by atoms with Gasteiger partial charge in [0.2, 0.25) is 0 Å². The van der Waals surface area contributed by atoms with E-state index in [9.17, 15) is 8.78 Å². The summed E-state index contributed by atoms with van der Waals surface area (Å²) < 4.78 is 26.2. The van der Waals surface area contributed by atoms with Crippen molar-refractivity contribution in [3.8, 4) is 0 Å². The molecular weight excluding hydrogens is 168 g/mol. The lowest BCUT2D eigenvalue weighted by Crippen LogP contribution is -2.19. The summed E-state index contributed by atoms with van der Waals surface area (Å²) in [6.45, 7) is 3.00. The lowest BCUT2D eigenvalue weighted by molar-refractivity contribution is -0.0479. The summed E-state index contributed by atoms with van der Waals surface area (Å²) in [5.74, 6) is -3.39. The molecule has 1 aromatic rings. The van der Waals surface area contributed by atoms with Crippen LogP contribution >= 0.6 is 11.3 Å². The average Bonchev–Trinajstić information content (AvgIpc) is 2.37. The van der Waals surface area contributed by atoms with Crippen LogP contribution in [0.2, 0.25) is 0 Å². The summed E-state index contributed by atoms with van der Waals surface area (Å²) in [6.07, 6.45) is 1.23. The molecule has 0 aromatic carbocycles. The molecule has 0 atom stereocenters. The van der Waals surface area contributed by atoms with Gasteiger partial charge in [-0.05, 0) is 0 Å². The Morgan fingerprint density at radius 1 is 1.55 bits per heavy atom. The number of hydrogen-bond donors (Lipinski definition) is 0. The number of halogens is 2. The lowest BCUT2D eigenvalue weighted by atomic mass is 10.1. The van der Waals surface area contributed by atoms with Crippen molar-refractivity contribution in [1.82, 2.24) is 4.98 Å². The molecule has 0 aliphatic carbocycles. The van der Waals surface area contributed by atoms with Gasteiger partial charge >= 0.3 is 0 Å². The highest BCUT2D eigenvalue weighted by Gasteiger charge is 2.36. The van der Waals surface area contributed by atoms with Gasteiger partial charge in [0.05, 0.1) is 10.4 Å². The highest BCUT2D eigenvalue weighted by atomic mass is 32.1. The summed E-state index contributed by atoms with van der Waals surface area (Å²) in [5, 5.41) is 0. The summed E-state index contributed by atoms with van der Waals surface area (Å²) >= 11 is 0.997. The first kappa shape index (κ1) is 8.59. The molecule has 0 saturated heterocycles. The summed E-state index contributed by atoms with van der Waals surface area (Å²) in [6, 6.07) is 0. The van der Waals surface area contributed by atoms with Crippen molar-refractivity contribution in [3.05, 3.63) is 16.6 Å². The Morgan fingerprint density at radius 2 is 2.18 bits per heavy atom. The number of alkyl halides is 2. The van der Waals surface area contributed by atoms with Crippen molar-refractivity contribution in [3.63, 3.8) is 0 Å². The number of thiazole rings is 1. The smallest absolute Gasteiger partial charge is 0.253 e. The Hall–Kier alpha value is -0.510. The zero-order chi connectivity index (χ0) is 8.48. The Morgan fingerprint density at radius 3 is 2.55 bits per heavy atom. The molecule has 0 amide bonds. The fourth-order valence-corrected chi connectivity index (χ4v) is 1.41. The first-order chi connectivity index (χ1) is 5.05. The van der Waals surface area contributed by atoms with Crippen LogP contribution in [0.1, 0.15) is 18.7 Å². The molecule has 4 heteroatoms. The summed E-state index contributed by atoms with van der Waals surface area (Å²) in [5.41, 5.74) is 1.42. The largest absolute Gasteiger partial charge is 0.285 e. The Bertz CT molecular complexity index is 218. The van der Waals surface area contributed by atoms with Crippen molar-refractivity contribution in [2.24, 2.45) is 5.92 Å². The summed E-state index contributed by atoms with van der Waals surface area (Å²) in [4.78, 5) is 3.66. The zero-order valence-electron chi connectivity index (χ0n) is 6.34. The molecule has 1 heterocycles. The molecule has 1 aromatic heterocycles. The van der Waals surface area contributed by atoms with Gasteiger partial charge < -0.3 is 0 Å². The van der Waals surface area contributed by atoms with E-state index in [1.54, 1.807) is 0 Å². The van der Waals surface area contributed by atoms with Gasteiger partial charge in [-0.15, -0.1) is 11.3 Å². The van der Waals surface area contributed by atoms with Gasteiger partial charge in [-0.25, -0.2) is 8.78 Å². The average molecular weight is 177 g/mol. The van der Waals surface area contributed by atoms with E-state index >= 15 is 0 Å². The predicted molar refractivity (Wildman–Crippen MR) is 40.8 cm³/mol. The van der Waals surface area contributed by atoms with Crippen molar-refractivity contribution in [2.45, 2.75) is 19.8 Å². The molecule has 0 spiro atoms. The highest BCUT2D eigenvalue weighted by Crippen LogP contribution is 2.37. The Kier molecular flexibility index (Phi) is 2.23. The zero-order valence-corrected chi connectivity index (χ0v) is 7.16. The van der Waals surface area contributed by atoms with Gasteiger partial charge in [0, 0.05) is 12.1 Å². The Balaban J connectivity index is 2.90. The van der Waals surface area contributed by atoms with Crippen LogP contribution in [-0.4, -0.2) is 4.98 Å². The SMILES string of the molecule is CC(C)C(F)(F)c1cncs1. The number of rotatable bonds is 2. The van der Waals surface area contributed by atoms with E-state index in [-0.39, 0.29) is 4.88 Å². The molecule has 0 unspecified atom stereocenters. The molecule has 0 aliphatic rings. The third-order valence-corrected chi connectivity index (χ3v) is 2.34. The monoisotopic (exact) mass is 177 g/mol. The van der Waals surface area contributed by atoms with Gasteiger partial charge in [-0.2, -0.15) is 0 Å². The molecule has 0 N–H and O–H groups in total. The van der Waals surface area contributed by atoms with Crippen molar-refractivity contribution < 1.29 is 8.78 Å². The maximum absolute atomic E-state index is 13.1. The third-order valence-electron chi connectivity index (χ3n) is 1.49. The topological polar surface area (TPSA) is 12.9 Å². The second-order valence-corrected chi connectivity index (χ2v) is 3.53. The molecule has 0 aliphatic heterocycles. The van der Waals surface area contributed by atoms with Gasteiger partial charge in [0.25, 0.3) is 5.92 Å². The van der Waals surface area contributed by atoms with E-state index < -0.39 is 11.8 Å². The molecule has 0 radical (unpaired) electrons. The van der Waals surface area contributed by atoms with Gasteiger partial charge in [-0.1, -0.05) is 13.8 Å². The standard InChI is InChI=1S/C7H9F2NS/c1-5(2)7(8,9)6-3-10-4-11-6/h3-5H,1-2H3. The third kappa shape index (κ3) is 1.56. The van der Waals surface area contributed by atoms with Crippen LogP contribution in [0.25, 0.3) is 0 Å². The predicted octanol–water partition coefficient (Wildman–Crippen LogP) is 2.89. The van der Waals surface area contributed by atoms with Crippen LogP contribution < -0.4 is 0 Å². The number of nitrogens with zero attached hydrogens (tertiary/aromatic N) is 1. The van der Waals surface area contributed by atoms with E-state index in [2.05, 4.69) is 4.98 Å². The first-order valence-electron chi connectivity index (χ1n) is 3.32. The van der Waals surface area contributed by atoms with E-state index in [0.717, 1.165) is 11.3 Å². The van der Waals surface area contributed by atoms with Crippen LogP contribution in [0.4, 0.5) is 8.78 Å². The molecule has 11 heavy (non-hydrogen) atoms. The lowest BCUT2D eigenvalue weighted by Gasteiger charge is -2.17. The minimum atomic E-state index is -2.72. The minimum Gasteiger partial charge on any atom is -0.253 e.